The number of nitrogens with zero attached hydrogens (tertiary/aromatic N) is 6. The van der Waals surface area contributed by atoms with Crippen LogP contribution in [-0.2, 0) is 0 Å². The van der Waals surface area contributed by atoms with Gasteiger partial charge in [-0.3, -0.25) is 24.8 Å². The second-order valence-electron chi connectivity index (χ2n) is 9.14. The largest absolute Gasteiger partial charge is 0.491 e. The summed E-state index contributed by atoms with van der Waals surface area (Å²) in [6.07, 6.45) is 8.74. The highest BCUT2D eigenvalue weighted by Gasteiger charge is 2.18. The van der Waals surface area contributed by atoms with Crippen molar-refractivity contribution in [2.75, 3.05) is 27.2 Å². The van der Waals surface area contributed by atoms with Crippen LogP contribution in [0.5, 0.6) is 5.75 Å². The fourth-order valence-electron chi connectivity index (χ4n) is 4.14. The van der Waals surface area contributed by atoms with Crippen molar-refractivity contribution in [2.45, 2.75) is 6.92 Å². The predicted molar refractivity (Wildman–Crippen MR) is 147 cm³/mol. The number of Topliss-reactive ketones (excluding diaryl/α,β-unsaturated/α-hetero) is 1. The Morgan fingerprint density at radius 1 is 1.05 bits per heavy atom. The number of ketones is 1. The van der Waals surface area contributed by atoms with Crippen LogP contribution >= 0.6 is 11.3 Å². The molecule has 0 atom stereocenters. The SMILES string of the molecule is CC(=O)c1ccc(-c2cncc3[nH]c(-c4n[nH]c5cnc(-c6cncc(OCCN(C)C)c6)cc45)nc23)s1. The molecule has 0 saturated heterocycles. The smallest absolute Gasteiger partial charge is 0.169 e. The molecule has 0 amide bonds. The van der Waals surface area contributed by atoms with Crippen LogP contribution in [0.2, 0.25) is 0 Å². The zero-order valence-corrected chi connectivity index (χ0v) is 21.8. The van der Waals surface area contributed by atoms with Gasteiger partial charge in [-0.1, -0.05) is 0 Å². The molecule has 0 aliphatic rings. The summed E-state index contributed by atoms with van der Waals surface area (Å²) in [5.41, 5.74) is 5.47. The van der Waals surface area contributed by atoms with E-state index < -0.39 is 0 Å². The first-order chi connectivity index (χ1) is 18.5. The highest BCUT2D eigenvalue weighted by Crippen LogP contribution is 2.35. The third-order valence-corrected chi connectivity index (χ3v) is 7.32. The molecule has 0 spiro atoms. The molecule has 190 valence electrons. The number of carbonyl (C=O) groups excluding carboxylic acids is 1. The number of pyridine rings is 3. The van der Waals surface area contributed by atoms with Gasteiger partial charge < -0.3 is 14.6 Å². The lowest BCUT2D eigenvalue weighted by atomic mass is 10.1. The van der Waals surface area contributed by atoms with Crippen molar-refractivity contribution in [3.8, 4) is 39.0 Å². The Labute approximate surface area is 221 Å². The number of likely N-dealkylation sites (N-methyl/N-ethyl adjacent to an activating group) is 1. The maximum absolute atomic E-state index is 11.8. The number of H-pyrrole nitrogens is 2. The lowest BCUT2D eigenvalue weighted by Gasteiger charge is -2.11. The van der Waals surface area contributed by atoms with Gasteiger partial charge in [0.05, 0.1) is 40.2 Å². The molecule has 6 aromatic heterocycles. The number of aromatic amines is 2. The molecule has 2 N–H and O–H groups in total. The summed E-state index contributed by atoms with van der Waals surface area (Å²) in [5.74, 6) is 1.34. The van der Waals surface area contributed by atoms with Gasteiger partial charge in [0, 0.05) is 40.3 Å². The third-order valence-electron chi connectivity index (χ3n) is 6.10. The molecule has 0 aliphatic carbocycles. The summed E-state index contributed by atoms with van der Waals surface area (Å²) in [7, 11) is 4.01. The Morgan fingerprint density at radius 2 is 1.92 bits per heavy atom. The van der Waals surface area contributed by atoms with Crippen molar-refractivity contribution < 1.29 is 9.53 Å². The van der Waals surface area contributed by atoms with E-state index in [4.69, 9.17) is 9.72 Å². The van der Waals surface area contributed by atoms with Gasteiger partial charge in [-0.2, -0.15) is 5.10 Å². The van der Waals surface area contributed by atoms with E-state index in [1.165, 1.54) is 11.3 Å². The molecule has 0 aromatic carbocycles. The Hall–Kier alpha value is -4.48. The summed E-state index contributed by atoms with van der Waals surface area (Å²) in [4.78, 5) is 37.1. The van der Waals surface area contributed by atoms with Crippen LogP contribution in [0.15, 0.2) is 55.2 Å². The van der Waals surface area contributed by atoms with Gasteiger partial charge in [0.15, 0.2) is 11.6 Å². The first-order valence-electron chi connectivity index (χ1n) is 12.0. The van der Waals surface area contributed by atoms with E-state index in [1.807, 2.05) is 38.4 Å². The minimum Gasteiger partial charge on any atom is -0.491 e. The van der Waals surface area contributed by atoms with E-state index >= 15 is 0 Å². The number of fused-ring (bicyclic) bond motifs is 2. The molecule has 0 aliphatic heterocycles. The average Bonchev–Trinajstić information content (AvgIpc) is 3.66. The van der Waals surface area contributed by atoms with Crippen LogP contribution in [-0.4, -0.2) is 73.0 Å². The van der Waals surface area contributed by atoms with E-state index in [1.54, 1.807) is 37.9 Å². The minimum absolute atomic E-state index is 0.0392. The van der Waals surface area contributed by atoms with E-state index in [9.17, 15) is 4.79 Å². The van der Waals surface area contributed by atoms with Crippen LogP contribution in [0.1, 0.15) is 16.6 Å². The number of hydrogen-bond acceptors (Lipinski definition) is 9. The van der Waals surface area contributed by atoms with Gasteiger partial charge in [0.2, 0.25) is 0 Å². The second-order valence-corrected chi connectivity index (χ2v) is 10.2. The van der Waals surface area contributed by atoms with Crippen LogP contribution in [0.4, 0.5) is 0 Å². The lowest BCUT2D eigenvalue weighted by Crippen LogP contribution is -2.19. The van der Waals surface area contributed by atoms with E-state index in [0.717, 1.165) is 50.2 Å². The van der Waals surface area contributed by atoms with Crippen molar-refractivity contribution in [2.24, 2.45) is 0 Å². The highest BCUT2D eigenvalue weighted by molar-refractivity contribution is 7.17. The predicted octanol–water partition coefficient (Wildman–Crippen LogP) is 4.83. The first-order valence-corrected chi connectivity index (χ1v) is 12.8. The molecule has 6 aromatic rings. The van der Waals surface area contributed by atoms with Crippen LogP contribution in [0.3, 0.4) is 0 Å². The standard InChI is InChI=1S/C27H24N8O2S/c1-15(36)23-4-5-24(38-23)19-12-29-13-22-25(19)32-27(31-22)26-18-9-20(30-14-21(18)33-34-26)16-8-17(11-28-10-16)37-7-6-35(2)3/h4-5,8-14H,6-7H2,1-3H3,(H,31,32)(H,33,34). The number of imidazole rings is 1. The van der Waals surface area contributed by atoms with Crippen LogP contribution < -0.4 is 4.74 Å². The summed E-state index contributed by atoms with van der Waals surface area (Å²) < 4.78 is 5.85. The topological polar surface area (TPSA) is 126 Å². The normalized spacial score (nSPS) is 11.6. The molecule has 0 fully saturated rings. The van der Waals surface area contributed by atoms with Crippen molar-refractivity contribution in [1.82, 2.24) is 40.0 Å². The molecule has 6 rings (SSSR count). The lowest BCUT2D eigenvalue weighted by molar-refractivity contribution is 0.102. The average molecular weight is 525 g/mol. The molecular weight excluding hydrogens is 500 g/mol. The monoisotopic (exact) mass is 524 g/mol. The Bertz CT molecular complexity index is 1780. The Kier molecular flexibility index (Phi) is 6.14. The molecule has 6 heterocycles. The molecule has 38 heavy (non-hydrogen) atoms. The molecule has 0 saturated carbocycles. The second kappa shape index (κ2) is 9.77. The zero-order valence-electron chi connectivity index (χ0n) is 21.0. The Balaban J connectivity index is 1.37. The fourth-order valence-corrected chi connectivity index (χ4v) is 5.05. The van der Waals surface area contributed by atoms with Crippen LogP contribution in [0, 0.1) is 0 Å². The van der Waals surface area contributed by atoms with E-state index in [0.29, 0.717) is 28.8 Å². The summed E-state index contributed by atoms with van der Waals surface area (Å²) in [6, 6.07) is 7.67. The maximum atomic E-state index is 11.8. The number of carbonyl (C=O) groups is 1. The van der Waals surface area contributed by atoms with E-state index in [2.05, 4.69) is 35.0 Å². The number of ether oxygens (including phenoxy) is 1. The van der Waals surface area contributed by atoms with Crippen LogP contribution in [0.25, 0.3) is 55.2 Å². The van der Waals surface area contributed by atoms with Gasteiger partial charge in [0.25, 0.3) is 0 Å². The molecule has 10 nitrogen and oxygen atoms in total. The van der Waals surface area contributed by atoms with Crippen molar-refractivity contribution in [3.05, 3.63) is 60.1 Å². The number of nitrogens with one attached hydrogen (secondary N) is 2. The molecular formula is C27H24N8O2S. The number of aromatic nitrogens is 7. The quantitative estimate of drug-likeness (QED) is 0.271. The van der Waals surface area contributed by atoms with Crippen molar-refractivity contribution in [3.63, 3.8) is 0 Å². The first kappa shape index (κ1) is 23.9. The van der Waals surface area contributed by atoms with Gasteiger partial charge in [-0.05, 0) is 45.3 Å². The zero-order chi connectivity index (χ0) is 26.2. The van der Waals surface area contributed by atoms with Gasteiger partial charge in [-0.15, -0.1) is 11.3 Å². The van der Waals surface area contributed by atoms with E-state index in [-0.39, 0.29) is 5.78 Å². The molecule has 0 bridgehead atoms. The maximum Gasteiger partial charge on any atom is 0.169 e. The molecule has 0 unspecified atom stereocenters. The summed E-state index contributed by atoms with van der Waals surface area (Å²) in [6.45, 7) is 2.95. The minimum atomic E-state index is 0.0392. The molecule has 11 heteroatoms. The summed E-state index contributed by atoms with van der Waals surface area (Å²) >= 11 is 1.43. The van der Waals surface area contributed by atoms with Crippen molar-refractivity contribution >= 4 is 39.1 Å². The Morgan fingerprint density at radius 3 is 2.74 bits per heavy atom. The number of hydrogen-bond donors (Lipinski definition) is 2. The summed E-state index contributed by atoms with van der Waals surface area (Å²) in [5, 5.41) is 8.46. The highest BCUT2D eigenvalue weighted by atomic mass is 32.1. The number of rotatable bonds is 8. The fraction of sp³-hybridized carbons (Fsp3) is 0.185. The van der Waals surface area contributed by atoms with Gasteiger partial charge in [0.1, 0.15) is 23.6 Å². The number of thiophene rings is 1. The van der Waals surface area contributed by atoms with Gasteiger partial charge in [-0.25, -0.2) is 4.98 Å². The van der Waals surface area contributed by atoms with Gasteiger partial charge >= 0.3 is 0 Å². The third kappa shape index (κ3) is 4.53. The molecule has 0 radical (unpaired) electrons. The van der Waals surface area contributed by atoms with Crippen molar-refractivity contribution in [1.29, 1.82) is 0 Å².